The molecule has 0 aliphatic carbocycles. The predicted molar refractivity (Wildman–Crippen MR) is 110 cm³/mol. The highest BCUT2D eigenvalue weighted by molar-refractivity contribution is 6.45. The van der Waals surface area contributed by atoms with Gasteiger partial charge < -0.3 is 15.6 Å². The number of H-pyrrole nitrogens is 1. The first-order valence-corrected chi connectivity index (χ1v) is 9.25. The number of anilines is 1. The third-order valence-electron chi connectivity index (χ3n) is 4.50. The highest BCUT2D eigenvalue weighted by Gasteiger charge is 2.16. The summed E-state index contributed by atoms with van der Waals surface area (Å²) in [5, 5.41) is 2.28. The fourth-order valence-electron chi connectivity index (χ4n) is 3.15. The minimum absolute atomic E-state index is 0.567. The molecule has 0 saturated carbocycles. The molecular weight excluding hydrogens is 353 g/mol. The maximum Gasteiger partial charge on any atom is 0.0833 e. The molecule has 0 unspecified atom stereocenters. The molecule has 0 bridgehead atoms. The molecule has 3 nitrogen and oxygen atoms in total. The van der Waals surface area contributed by atoms with Crippen LogP contribution >= 0.6 is 23.2 Å². The van der Waals surface area contributed by atoms with Crippen molar-refractivity contribution >= 4 is 39.8 Å². The number of nitrogens with two attached hydrogens (primary N) is 1. The van der Waals surface area contributed by atoms with Crippen molar-refractivity contribution in [2.75, 3.05) is 25.5 Å². The minimum Gasteiger partial charge on any atom is -0.378 e. The number of nitrogens with one attached hydrogen (secondary N) is 1. The largest absolute Gasteiger partial charge is 0.378 e. The second-order valence-electron chi connectivity index (χ2n) is 6.45. The van der Waals surface area contributed by atoms with Crippen LogP contribution in [-0.4, -0.2) is 25.6 Å². The average Bonchev–Trinajstić information content (AvgIpc) is 2.98. The molecule has 1 aromatic heterocycles. The van der Waals surface area contributed by atoms with Gasteiger partial charge in [-0.05, 0) is 49.6 Å². The maximum absolute atomic E-state index is 6.45. The van der Waals surface area contributed by atoms with Gasteiger partial charge in [0, 0.05) is 36.4 Å². The van der Waals surface area contributed by atoms with E-state index in [1.807, 2.05) is 20.2 Å². The molecule has 25 heavy (non-hydrogen) atoms. The van der Waals surface area contributed by atoms with Gasteiger partial charge in [-0.1, -0.05) is 41.4 Å². The molecule has 0 atom stereocenters. The Morgan fingerprint density at radius 2 is 1.88 bits per heavy atom. The van der Waals surface area contributed by atoms with Crippen LogP contribution in [0.1, 0.15) is 18.4 Å². The van der Waals surface area contributed by atoms with E-state index in [-0.39, 0.29) is 0 Å². The Balaban J connectivity index is 2.17. The molecule has 0 fully saturated rings. The number of nitrogens with zero attached hydrogens (tertiary/aromatic N) is 1. The monoisotopic (exact) mass is 375 g/mol. The summed E-state index contributed by atoms with van der Waals surface area (Å²) in [6, 6.07) is 12.4. The summed E-state index contributed by atoms with van der Waals surface area (Å²) in [7, 11) is 4.09. The first-order valence-electron chi connectivity index (χ1n) is 8.49. The Kier molecular flexibility index (Phi) is 5.57. The Labute approximate surface area is 158 Å². The number of aryl methyl sites for hydroxylation is 1. The van der Waals surface area contributed by atoms with Crippen molar-refractivity contribution in [1.82, 2.24) is 4.98 Å². The lowest BCUT2D eigenvalue weighted by atomic mass is 10.00. The lowest BCUT2D eigenvalue weighted by Gasteiger charge is -2.14. The van der Waals surface area contributed by atoms with Crippen LogP contribution in [0.4, 0.5) is 5.69 Å². The first kappa shape index (κ1) is 18.1. The predicted octanol–water partition coefficient (Wildman–Crippen LogP) is 5.49. The number of aromatic nitrogens is 1. The van der Waals surface area contributed by atoms with Crippen molar-refractivity contribution < 1.29 is 0 Å². The Morgan fingerprint density at radius 3 is 2.60 bits per heavy atom. The van der Waals surface area contributed by atoms with Crippen LogP contribution in [0.15, 0.2) is 36.4 Å². The van der Waals surface area contributed by atoms with Crippen LogP contribution in [0, 0.1) is 0 Å². The Hall–Kier alpha value is -1.68. The van der Waals surface area contributed by atoms with Gasteiger partial charge in [-0.25, -0.2) is 0 Å². The lowest BCUT2D eigenvalue weighted by molar-refractivity contribution is 0.748. The zero-order valence-corrected chi connectivity index (χ0v) is 16.1. The molecular formula is C20H23Cl2N3. The average molecular weight is 376 g/mol. The maximum atomic E-state index is 6.45. The molecule has 3 aromatic rings. The van der Waals surface area contributed by atoms with E-state index in [9.17, 15) is 0 Å². The van der Waals surface area contributed by atoms with Crippen LogP contribution in [-0.2, 0) is 6.42 Å². The van der Waals surface area contributed by atoms with Crippen molar-refractivity contribution in [3.63, 3.8) is 0 Å². The summed E-state index contributed by atoms with van der Waals surface area (Å²) in [4.78, 5) is 5.62. The second-order valence-corrected chi connectivity index (χ2v) is 7.24. The van der Waals surface area contributed by atoms with E-state index in [0.717, 1.165) is 47.1 Å². The van der Waals surface area contributed by atoms with E-state index in [0.29, 0.717) is 16.6 Å². The molecule has 3 rings (SSSR count). The Bertz CT molecular complexity index is 884. The molecule has 132 valence electrons. The summed E-state index contributed by atoms with van der Waals surface area (Å²) in [6.07, 6.45) is 3.01. The summed E-state index contributed by atoms with van der Waals surface area (Å²) in [5.74, 6) is 0. The van der Waals surface area contributed by atoms with E-state index in [1.165, 1.54) is 5.56 Å². The summed E-state index contributed by atoms with van der Waals surface area (Å²) in [5.41, 5.74) is 11.3. The topological polar surface area (TPSA) is 45.0 Å². The molecule has 2 aromatic carbocycles. The van der Waals surface area contributed by atoms with Crippen molar-refractivity contribution in [2.45, 2.75) is 19.3 Å². The van der Waals surface area contributed by atoms with Gasteiger partial charge in [0.2, 0.25) is 0 Å². The zero-order chi connectivity index (χ0) is 18.0. The smallest absolute Gasteiger partial charge is 0.0833 e. The van der Waals surface area contributed by atoms with Gasteiger partial charge in [0.1, 0.15) is 0 Å². The van der Waals surface area contributed by atoms with Crippen molar-refractivity contribution in [3.05, 3.63) is 52.0 Å². The van der Waals surface area contributed by atoms with Gasteiger partial charge in [0.25, 0.3) is 0 Å². The van der Waals surface area contributed by atoms with Crippen LogP contribution in [0.25, 0.3) is 22.2 Å². The van der Waals surface area contributed by atoms with Gasteiger partial charge in [-0.15, -0.1) is 0 Å². The quantitative estimate of drug-likeness (QED) is 0.559. The highest BCUT2D eigenvalue weighted by Crippen LogP contribution is 2.38. The number of halogens is 2. The number of hydrogen-bond donors (Lipinski definition) is 2. The number of rotatable bonds is 6. The molecule has 0 spiro atoms. The molecule has 0 radical (unpaired) electrons. The van der Waals surface area contributed by atoms with Crippen LogP contribution in [0.2, 0.25) is 10.0 Å². The number of benzene rings is 2. The highest BCUT2D eigenvalue weighted by atomic mass is 35.5. The van der Waals surface area contributed by atoms with Crippen LogP contribution in [0.5, 0.6) is 0 Å². The normalized spacial score (nSPS) is 11.2. The zero-order valence-electron chi connectivity index (χ0n) is 14.6. The second kappa shape index (κ2) is 7.69. The van der Waals surface area contributed by atoms with E-state index in [4.69, 9.17) is 28.9 Å². The van der Waals surface area contributed by atoms with Gasteiger partial charge in [0.05, 0.1) is 15.6 Å². The SMILES string of the molecule is CN(C)c1cccc(-c2[nH]c3c(Cl)c(Cl)ccc3c2CCCCN)c1. The fourth-order valence-corrected chi connectivity index (χ4v) is 3.52. The molecule has 0 amide bonds. The standard InChI is InChI=1S/C20H23Cl2N3/c1-25(2)14-7-5-6-13(12-14)19-15(8-3-4-11-23)16-9-10-17(21)18(22)20(16)24-19/h5-7,9-10,12,24H,3-4,8,11,23H2,1-2H3. The van der Waals surface area contributed by atoms with Gasteiger partial charge in [0.15, 0.2) is 0 Å². The fraction of sp³-hybridized carbons (Fsp3) is 0.300. The molecule has 1 heterocycles. The lowest BCUT2D eigenvalue weighted by Crippen LogP contribution is -2.08. The molecule has 0 aliphatic rings. The molecule has 0 aliphatic heterocycles. The van der Waals surface area contributed by atoms with Crippen molar-refractivity contribution in [2.24, 2.45) is 5.73 Å². The van der Waals surface area contributed by atoms with Gasteiger partial charge in [-0.2, -0.15) is 0 Å². The Morgan fingerprint density at radius 1 is 1.08 bits per heavy atom. The van der Waals surface area contributed by atoms with Crippen LogP contribution in [0.3, 0.4) is 0 Å². The molecule has 0 saturated heterocycles. The van der Waals surface area contributed by atoms with Crippen molar-refractivity contribution in [1.29, 1.82) is 0 Å². The third-order valence-corrected chi connectivity index (χ3v) is 5.31. The minimum atomic E-state index is 0.567. The number of aromatic amines is 1. The molecule has 3 N–H and O–H groups in total. The summed E-state index contributed by atoms with van der Waals surface area (Å²) < 4.78 is 0. The summed E-state index contributed by atoms with van der Waals surface area (Å²) >= 11 is 12.7. The first-order chi connectivity index (χ1) is 12.0. The van der Waals surface area contributed by atoms with E-state index in [1.54, 1.807) is 0 Å². The van der Waals surface area contributed by atoms with Gasteiger partial charge >= 0.3 is 0 Å². The van der Waals surface area contributed by atoms with E-state index >= 15 is 0 Å². The van der Waals surface area contributed by atoms with E-state index in [2.05, 4.69) is 40.2 Å². The van der Waals surface area contributed by atoms with Crippen LogP contribution < -0.4 is 10.6 Å². The summed E-state index contributed by atoms with van der Waals surface area (Å²) in [6.45, 7) is 0.709. The van der Waals surface area contributed by atoms with E-state index < -0.39 is 0 Å². The number of fused-ring (bicyclic) bond motifs is 1. The number of hydrogen-bond acceptors (Lipinski definition) is 2. The third kappa shape index (κ3) is 3.64. The number of unbranched alkanes of at least 4 members (excludes halogenated alkanes) is 1. The van der Waals surface area contributed by atoms with Gasteiger partial charge in [-0.3, -0.25) is 0 Å². The molecule has 5 heteroatoms. The van der Waals surface area contributed by atoms with Crippen molar-refractivity contribution in [3.8, 4) is 11.3 Å².